The van der Waals surface area contributed by atoms with Crippen molar-refractivity contribution in [2.75, 3.05) is 26.2 Å². The van der Waals surface area contributed by atoms with Gasteiger partial charge in [-0.3, -0.25) is 4.79 Å². The normalized spacial score (nSPS) is 18.4. The number of amides is 1. The molecule has 2 rings (SSSR count). The van der Waals surface area contributed by atoms with Crippen molar-refractivity contribution in [2.45, 2.75) is 19.4 Å². The van der Waals surface area contributed by atoms with Crippen LogP contribution in [0.1, 0.15) is 19.4 Å². The van der Waals surface area contributed by atoms with E-state index in [-0.39, 0.29) is 11.9 Å². The molecule has 88 valence electrons. The summed E-state index contributed by atoms with van der Waals surface area (Å²) in [7, 11) is 0. The predicted octanol–water partition coefficient (Wildman–Crippen LogP) is 0.871. The molecular formula is C12H19N3O. The first-order valence-electron chi connectivity index (χ1n) is 5.88. The van der Waals surface area contributed by atoms with Gasteiger partial charge in [-0.25, -0.2) is 0 Å². The molecule has 1 aromatic heterocycles. The van der Waals surface area contributed by atoms with Crippen LogP contribution in [0.25, 0.3) is 0 Å². The summed E-state index contributed by atoms with van der Waals surface area (Å²) in [6.07, 6.45) is 4.61. The van der Waals surface area contributed by atoms with Crippen molar-refractivity contribution in [3.05, 3.63) is 24.5 Å². The summed E-state index contributed by atoms with van der Waals surface area (Å²) in [5.74, 6) is 0.266. The zero-order valence-electron chi connectivity index (χ0n) is 9.72. The molecule has 4 heteroatoms. The molecule has 1 fully saturated rings. The molecule has 16 heavy (non-hydrogen) atoms. The summed E-state index contributed by atoms with van der Waals surface area (Å²) in [5.41, 5.74) is 0. The van der Waals surface area contributed by atoms with Crippen LogP contribution in [0.15, 0.2) is 24.5 Å². The van der Waals surface area contributed by atoms with Gasteiger partial charge in [-0.1, -0.05) is 0 Å². The number of nitrogens with zero attached hydrogens (tertiary/aromatic N) is 2. The second-order valence-electron chi connectivity index (χ2n) is 4.31. The maximum atomic E-state index is 12.0. The Bertz CT molecular complexity index is 328. The Morgan fingerprint density at radius 1 is 1.31 bits per heavy atom. The van der Waals surface area contributed by atoms with Crippen LogP contribution in [0.2, 0.25) is 0 Å². The fourth-order valence-corrected chi connectivity index (χ4v) is 2.04. The van der Waals surface area contributed by atoms with E-state index in [2.05, 4.69) is 16.8 Å². The second-order valence-corrected chi connectivity index (χ2v) is 4.31. The van der Waals surface area contributed by atoms with Crippen LogP contribution in [0.3, 0.4) is 0 Å². The number of aromatic nitrogens is 1. The van der Waals surface area contributed by atoms with Gasteiger partial charge < -0.3 is 14.8 Å². The number of carbonyl (C=O) groups excluding carboxylic acids is 1. The Balaban J connectivity index is 1.86. The SMILES string of the molecule is CC(CC(=O)N1CCNCC1)n1cccc1. The van der Waals surface area contributed by atoms with Gasteiger partial charge in [0.05, 0.1) is 0 Å². The number of rotatable bonds is 3. The van der Waals surface area contributed by atoms with E-state index in [1.54, 1.807) is 0 Å². The topological polar surface area (TPSA) is 37.3 Å². The lowest BCUT2D eigenvalue weighted by molar-refractivity contribution is -0.132. The van der Waals surface area contributed by atoms with E-state index in [9.17, 15) is 4.79 Å². The Hall–Kier alpha value is -1.29. The summed E-state index contributed by atoms with van der Waals surface area (Å²) >= 11 is 0. The molecule has 0 saturated carbocycles. The van der Waals surface area contributed by atoms with E-state index < -0.39 is 0 Å². The highest BCUT2D eigenvalue weighted by Crippen LogP contribution is 2.12. The lowest BCUT2D eigenvalue weighted by atomic mass is 10.2. The molecule has 1 atom stereocenters. The smallest absolute Gasteiger partial charge is 0.224 e. The first-order valence-corrected chi connectivity index (χ1v) is 5.88. The van der Waals surface area contributed by atoms with Crippen LogP contribution in [-0.2, 0) is 4.79 Å². The predicted molar refractivity (Wildman–Crippen MR) is 63.2 cm³/mol. The van der Waals surface area contributed by atoms with Crippen LogP contribution in [0.5, 0.6) is 0 Å². The summed E-state index contributed by atoms with van der Waals surface area (Å²) in [4.78, 5) is 13.9. The van der Waals surface area contributed by atoms with Crippen molar-refractivity contribution in [1.29, 1.82) is 0 Å². The third kappa shape index (κ3) is 2.64. The minimum absolute atomic E-state index is 0.248. The molecule has 1 aliphatic heterocycles. The van der Waals surface area contributed by atoms with Crippen molar-refractivity contribution < 1.29 is 4.79 Å². The summed E-state index contributed by atoms with van der Waals surface area (Å²) < 4.78 is 2.08. The quantitative estimate of drug-likeness (QED) is 0.822. The van der Waals surface area contributed by atoms with Gasteiger partial charge in [0, 0.05) is 51.0 Å². The molecule has 0 aliphatic carbocycles. The van der Waals surface area contributed by atoms with Crippen molar-refractivity contribution in [3.63, 3.8) is 0 Å². The van der Waals surface area contributed by atoms with E-state index in [0.717, 1.165) is 26.2 Å². The number of piperazine rings is 1. The highest BCUT2D eigenvalue weighted by molar-refractivity contribution is 5.76. The van der Waals surface area contributed by atoms with Crippen LogP contribution < -0.4 is 5.32 Å². The molecule has 2 heterocycles. The Kier molecular flexibility index (Phi) is 3.62. The van der Waals surface area contributed by atoms with Crippen molar-refractivity contribution in [2.24, 2.45) is 0 Å². The molecule has 1 unspecified atom stereocenters. The minimum Gasteiger partial charge on any atom is -0.351 e. The minimum atomic E-state index is 0.248. The van der Waals surface area contributed by atoms with Crippen LogP contribution in [-0.4, -0.2) is 41.6 Å². The van der Waals surface area contributed by atoms with Crippen molar-refractivity contribution in [1.82, 2.24) is 14.8 Å². The number of hydrogen-bond donors (Lipinski definition) is 1. The van der Waals surface area contributed by atoms with E-state index in [0.29, 0.717) is 6.42 Å². The number of hydrogen-bond acceptors (Lipinski definition) is 2. The van der Waals surface area contributed by atoms with Crippen LogP contribution >= 0.6 is 0 Å². The van der Waals surface area contributed by atoms with Gasteiger partial charge in [-0.05, 0) is 19.1 Å². The number of carbonyl (C=O) groups is 1. The molecular weight excluding hydrogens is 202 g/mol. The van der Waals surface area contributed by atoms with Gasteiger partial charge in [0.1, 0.15) is 0 Å². The zero-order valence-corrected chi connectivity index (χ0v) is 9.72. The second kappa shape index (κ2) is 5.16. The fraction of sp³-hybridized carbons (Fsp3) is 0.583. The summed E-state index contributed by atoms with van der Waals surface area (Å²) in [6.45, 7) is 5.61. The molecule has 0 bridgehead atoms. The average Bonchev–Trinajstić information content (AvgIpc) is 2.83. The molecule has 0 aromatic carbocycles. The van der Waals surface area contributed by atoms with Crippen molar-refractivity contribution in [3.8, 4) is 0 Å². The van der Waals surface area contributed by atoms with Gasteiger partial charge >= 0.3 is 0 Å². The highest BCUT2D eigenvalue weighted by atomic mass is 16.2. The first kappa shape index (κ1) is 11.2. The molecule has 0 spiro atoms. The Labute approximate surface area is 96.2 Å². The van der Waals surface area contributed by atoms with Crippen LogP contribution in [0.4, 0.5) is 0 Å². The summed E-state index contributed by atoms with van der Waals surface area (Å²) in [5, 5.41) is 3.25. The van der Waals surface area contributed by atoms with Gasteiger partial charge in [-0.2, -0.15) is 0 Å². The van der Waals surface area contributed by atoms with Gasteiger partial charge in [0.15, 0.2) is 0 Å². The monoisotopic (exact) mass is 221 g/mol. The van der Waals surface area contributed by atoms with E-state index in [4.69, 9.17) is 0 Å². The Morgan fingerprint density at radius 3 is 2.56 bits per heavy atom. The third-order valence-electron chi connectivity index (χ3n) is 3.08. The lowest BCUT2D eigenvalue weighted by Gasteiger charge is -2.28. The molecule has 1 aromatic rings. The molecule has 1 amide bonds. The van der Waals surface area contributed by atoms with Gasteiger partial charge in [-0.15, -0.1) is 0 Å². The standard InChI is InChI=1S/C12H19N3O/c1-11(14-6-2-3-7-14)10-12(16)15-8-4-13-5-9-15/h2-3,6-7,11,13H,4-5,8-10H2,1H3. The maximum Gasteiger partial charge on any atom is 0.224 e. The third-order valence-corrected chi connectivity index (χ3v) is 3.08. The van der Waals surface area contributed by atoms with Crippen LogP contribution in [0, 0.1) is 0 Å². The maximum absolute atomic E-state index is 12.0. The average molecular weight is 221 g/mol. The van der Waals surface area contributed by atoms with E-state index in [1.165, 1.54) is 0 Å². The largest absolute Gasteiger partial charge is 0.351 e. The zero-order chi connectivity index (χ0) is 11.4. The van der Waals surface area contributed by atoms with Gasteiger partial charge in [0.2, 0.25) is 5.91 Å². The van der Waals surface area contributed by atoms with Crippen molar-refractivity contribution >= 4 is 5.91 Å². The molecule has 0 radical (unpaired) electrons. The Morgan fingerprint density at radius 2 is 1.94 bits per heavy atom. The summed E-state index contributed by atoms with van der Waals surface area (Å²) in [6, 6.07) is 4.23. The lowest BCUT2D eigenvalue weighted by Crippen LogP contribution is -2.46. The molecule has 1 N–H and O–H groups in total. The van der Waals surface area contributed by atoms with E-state index >= 15 is 0 Å². The van der Waals surface area contributed by atoms with Gasteiger partial charge in [0.25, 0.3) is 0 Å². The number of nitrogens with one attached hydrogen (secondary N) is 1. The molecule has 1 saturated heterocycles. The molecule has 4 nitrogen and oxygen atoms in total. The highest BCUT2D eigenvalue weighted by Gasteiger charge is 2.18. The molecule has 1 aliphatic rings. The first-order chi connectivity index (χ1) is 7.77. The fourth-order valence-electron chi connectivity index (χ4n) is 2.04. The van der Waals surface area contributed by atoms with E-state index in [1.807, 2.05) is 29.4 Å².